The van der Waals surface area contributed by atoms with Crippen molar-refractivity contribution in [3.8, 4) is 11.4 Å². The van der Waals surface area contributed by atoms with E-state index in [1.165, 1.54) is 5.56 Å². The van der Waals surface area contributed by atoms with Gasteiger partial charge in [-0.3, -0.25) is 4.90 Å². The Labute approximate surface area is 170 Å². The number of rotatable bonds is 5. The quantitative estimate of drug-likeness (QED) is 0.619. The van der Waals surface area contributed by atoms with Crippen LogP contribution >= 0.6 is 12.2 Å². The van der Waals surface area contributed by atoms with E-state index in [9.17, 15) is 0 Å². The monoisotopic (exact) mass is 395 g/mol. The number of anilines is 1. The summed E-state index contributed by atoms with van der Waals surface area (Å²) >= 11 is 5.72. The smallest absolute Gasteiger partial charge is 0.225 e. The molecule has 0 spiro atoms. The molecule has 0 saturated carbocycles. The van der Waals surface area contributed by atoms with E-state index >= 15 is 0 Å². The van der Waals surface area contributed by atoms with E-state index in [1.54, 1.807) is 12.4 Å². The molecule has 1 aliphatic rings. The molecule has 0 unspecified atom stereocenters. The highest BCUT2D eigenvalue weighted by atomic mass is 32.1. The first-order valence-electron chi connectivity index (χ1n) is 9.64. The first-order valence-corrected chi connectivity index (χ1v) is 10.1. The lowest BCUT2D eigenvalue weighted by atomic mass is 10.1. The van der Waals surface area contributed by atoms with Crippen molar-refractivity contribution in [1.82, 2.24) is 29.2 Å². The van der Waals surface area contributed by atoms with Gasteiger partial charge in [-0.15, -0.1) is 0 Å². The molecule has 2 aromatic heterocycles. The Kier molecular flexibility index (Phi) is 5.50. The number of benzene rings is 1. The fourth-order valence-corrected chi connectivity index (χ4v) is 3.86. The Balaban J connectivity index is 1.49. The van der Waals surface area contributed by atoms with Crippen LogP contribution < -0.4 is 4.90 Å². The summed E-state index contributed by atoms with van der Waals surface area (Å²) in [6.45, 7) is 9.38. The standard InChI is InChI=1S/C20H25N7S/c1-3-26-18(17-7-4-6-16(2)14-17)23-27(20(26)28)15-24-10-12-25(13-11-24)19-21-8-5-9-22-19/h4-9,14H,3,10-13,15H2,1-2H3. The summed E-state index contributed by atoms with van der Waals surface area (Å²) in [6, 6.07) is 10.3. The molecule has 28 heavy (non-hydrogen) atoms. The molecule has 8 heteroatoms. The fourth-order valence-electron chi connectivity index (χ4n) is 3.55. The van der Waals surface area contributed by atoms with Crippen LogP contribution in [-0.2, 0) is 13.2 Å². The van der Waals surface area contributed by atoms with E-state index < -0.39 is 0 Å². The molecule has 3 heterocycles. The molecular formula is C20H25N7S. The van der Waals surface area contributed by atoms with Crippen LogP contribution in [0.2, 0.25) is 0 Å². The van der Waals surface area contributed by atoms with Gasteiger partial charge in [0.05, 0.1) is 6.67 Å². The number of hydrogen-bond acceptors (Lipinski definition) is 6. The SMILES string of the molecule is CCn1c(-c2cccc(C)c2)nn(CN2CCN(c3ncccn3)CC2)c1=S. The van der Waals surface area contributed by atoms with Crippen molar-refractivity contribution in [2.75, 3.05) is 31.1 Å². The van der Waals surface area contributed by atoms with Gasteiger partial charge in [0.15, 0.2) is 10.6 Å². The van der Waals surface area contributed by atoms with Gasteiger partial charge in [0.25, 0.3) is 0 Å². The third-order valence-corrected chi connectivity index (χ3v) is 5.49. The Morgan fingerprint density at radius 1 is 1.04 bits per heavy atom. The van der Waals surface area contributed by atoms with Crippen LogP contribution in [0.5, 0.6) is 0 Å². The number of hydrogen-bond donors (Lipinski definition) is 0. The second-order valence-electron chi connectivity index (χ2n) is 7.01. The van der Waals surface area contributed by atoms with Gasteiger partial charge in [-0.25, -0.2) is 14.6 Å². The minimum absolute atomic E-state index is 0.703. The maximum atomic E-state index is 5.72. The van der Waals surface area contributed by atoms with E-state index in [0.29, 0.717) is 6.67 Å². The lowest BCUT2D eigenvalue weighted by molar-refractivity contribution is 0.193. The Hall–Kier alpha value is -2.58. The van der Waals surface area contributed by atoms with Crippen molar-refractivity contribution in [3.05, 3.63) is 53.1 Å². The molecule has 0 radical (unpaired) electrons. The number of nitrogens with zero attached hydrogens (tertiary/aromatic N) is 7. The second-order valence-corrected chi connectivity index (χ2v) is 7.38. The minimum atomic E-state index is 0.703. The highest BCUT2D eigenvalue weighted by Crippen LogP contribution is 2.20. The predicted molar refractivity (Wildman–Crippen MR) is 113 cm³/mol. The molecule has 1 saturated heterocycles. The molecule has 0 aliphatic carbocycles. The van der Waals surface area contributed by atoms with E-state index in [4.69, 9.17) is 17.3 Å². The highest BCUT2D eigenvalue weighted by Gasteiger charge is 2.20. The molecule has 3 aromatic rings. The van der Waals surface area contributed by atoms with Gasteiger partial charge in [-0.1, -0.05) is 23.8 Å². The highest BCUT2D eigenvalue weighted by molar-refractivity contribution is 7.71. The molecule has 1 aromatic carbocycles. The zero-order valence-corrected chi connectivity index (χ0v) is 17.1. The van der Waals surface area contributed by atoms with Crippen LogP contribution in [0.25, 0.3) is 11.4 Å². The van der Waals surface area contributed by atoms with E-state index in [-0.39, 0.29) is 0 Å². The summed E-state index contributed by atoms with van der Waals surface area (Å²) in [5, 5.41) is 4.86. The Morgan fingerprint density at radius 3 is 2.46 bits per heavy atom. The van der Waals surface area contributed by atoms with E-state index in [2.05, 4.69) is 62.4 Å². The van der Waals surface area contributed by atoms with E-state index in [0.717, 1.165) is 54.8 Å². The van der Waals surface area contributed by atoms with Crippen LogP contribution in [0.4, 0.5) is 5.95 Å². The third kappa shape index (κ3) is 3.83. The topological polar surface area (TPSA) is 55.0 Å². The molecule has 4 rings (SSSR count). The van der Waals surface area contributed by atoms with Gasteiger partial charge in [0.2, 0.25) is 5.95 Å². The van der Waals surface area contributed by atoms with Gasteiger partial charge in [-0.05, 0) is 38.2 Å². The van der Waals surface area contributed by atoms with Gasteiger partial charge < -0.3 is 9.47 Å². The molecule has 0 atom stereocenters. The van der Waals surface area contributed by atoms with Crippen molar-refractivity contribution in [1.29, 1.82) is 0 Å². The first kappa shape index (κ1) is 18.8. The van der Waals surface area contributed by atoms with Crippen molar-refractivity contribution < 1.29 is 0 Å². The van der Waals surface area contributed by atoms with Crippen LogP contribution in [-0.4, -0.2) is 55.4 Å². The van der Waals surface area contributed by atoms with Crippen LogP contribution in [0, 0.1) is 11.7 Å². The molecule has 0 amide bonds. The van der Waals surface area contributed by atoms with Crippen LogP contribution in [0.3, 0.4) is 0 Å². The number of aromatic nitrogens is 5. The zero-order chi connectivity index (χ0) is 19.5. The summed E-state index contributed by atoms with van der Waals surface area (Å²) < 4.78 is 4.83. The summed E-state index contributed by atoms with van der Waals surface area (Å²) in [6.07, 6.45) is 3.58. The molecule has 1 aliphatic heterocycles. The minimum Gasteiger partial charge on any atom is -0.338 e. The fraction of sp³-hybridized carbons (Fsp3) is 0.400. The average molecular weight is 396 g/mol. The first-order chi connectivity index (χ1) is 13.7. The lowest BCUT2D eigenvalue weighted by Crippen LogP contribution is -2.47. The van der Waals surface area contributed by atoms with Gasteiger partial charge in [0.1, 0.15) is 0 Å². The van der Waals surface area contributed by atoms with Gasteiger partial charge in [0, 0.05) is 50.7 Å². The summed E-state index contributed by atoms with van der Waals surface area (Å²) in [7, 11) is 0. The number of piperazine rings is 1. The van der Waals surface area contributed by atoms with Crippen molar-refractivity contribution >= 4 is 18.2 Å². The summed E-state index contributed by atoms with van der Waals surface area (Å²) in [5.74, 6) is 1.74. The maximum absolute atomic E-state index is 5.72. The van der Waals surface area contributed by atoms with Crippen molar-refractivity contribution in [2.45, 2.75) is 27.1 Å². The third-order valence-electron chi connectivity index (χ3n) is 5.06. The van der Waals surface area contributed by atoms with E-state index in [1.807, 2.05) is 10.7 Å². The van der Waals surface area contributed by atoms with Gasteiger partial charge >= 0.3 is 0 Å². The maximum Gasteiger partial charge on any atom is 0.225 e. The van der Waals surface area contributed by atoms with Gasteiger partial charge in [-0.2, -0.15) is 5.10 Å². The van der Waals surface area contributed by atoms with Crippen molar-refractivity contribution in [2.24, 2.45) is 0 Å². The molecule has 7 nitrogen and oxygen atoms in total. The Bertz CT molecular complexity index is 987. The lowest BCUT2D eigenvalue weighted by Gasteiger charge is -2.34. The summed E-state index contributed by atoms with van der Waals surface area (Å²) in [4.78, 5) is 13.3. The second kappa shape index (κ2) is 8.20. The Morgan fingerprint density at radius 2 is 1.79 bits per heavy atom. The average Bonchev–Trinajstić information content (AvgIpc) is 3.04. The normalized spacial score (nSPS) is 15.1. The zero-order valence-electron chi connectivity index (χ0n) is 16.3. The largest absolute Gasteiger partial charge is 0.338 e. The molecule has 0 N–H and O–H groups in total. The van der Waals surface area contributed by atoms with Crippen LogP contribution in [0.1, 0.15) is 12.5 Å². The summed E-state index contributed by atoms with van der Waals surface area (Å²) in [5.41, 5.74) is 2.33. The molecule has 146 valence electrons. The molecule has 1 fully saturated rings. The van der Waals surface area contributed by atoms with Crippen molar-refractivity contribution in [3.63, 3.8) is 0 Å². The molecule has 0 bridgehead atoms. The van der Waals surface area contributed by atoms with Crippen LogP contribution in [0.15, 0.2) is 42.7 Å². The predicted octanol–water partition coefficient (Wildman–Crippen LogP) is 2.98. The number of aryl methyl sites for hydroxylation is 1. The molecular weight excluding hydrogens is 370 g/mol.